The zero-order valence-electron chi connectivity index (χ0n) is 26.0. The largest absolute Gasteiger partial charge is 0.460 e. The molecule has 2 fully saturated rings. The molecule has 0 aromatic rings. The highest BCUT2D eigenvalue weighted by molar-refractivity contribution is 6.07. The molecule has 4 aliphatic carbocycles. The molecule has 0 heterocycles. The molecular formula is C35H56O3. The molecule has 2 unspecified atom stereocenters. The standard InChI is InChI=1S/C35H56O3/c1-22(2)12-15-32(37)38-33(6,7)17-10-11-23(3)27-13-14-28-26-20-31(36)30-19-24(4)25(5)21-35(30,9)29(26)16-18-34(27,28)8/h19-20,22-25,27-29H,10-18,21H2,1-9H3/t23-,24+,25-,27-,28?,29?,34-,35-/m1/s1. The Kier molecular flexibility index (Phi) is 8.48. The smallest absolute Gasteiger partial charge is 0.306 e. The Morgan fingerprint density at radius 2 is 1.79 bits per heavy atom. The molecule has 3 heteroatoms. The van der Waals surface area contributed by atoms with E-state index in [1.54, 1.807) is 0 Å². The van der Waals surface area contributed by atoms with E-state index in [-0.39, 0.29) is 11.4 Å². The van der Waals surface area contributed by atoms with Gasteiger partial charge in [0.1, 0.15) is 5.60 Å². The van der Waals surface area contributed by atoms with Gasteiger partial charge >= 0.3 is 5.97 Å². The topological polar surface area (TPSA) is 43.4 Å². The summed E-state index contributed by atoms with van der Waals surface area (Å²) in [4.78, 5) is 25.8. The van der Waals surface area contributed by atoms with E-state index >= 15 is 0 Å². The molecule has 214 valence electrons. The molecule has 0 bridgehead atoms. The van der Waals surface area contributed by atoms with Crippen LogP contribution in [0.3, 0.4) is 0 Å². The Morgan fingerprint density at radius 1 is 1.08 bits per heavy atom. The molecule has 4 aliphatic rings. The number of hydrogen-bond acceptors (Lipinski definition) is 3. The maximum atomic E-state index is 13.5. The maximum absolute atomic E-state index is 13.5. The third-order valence-electron chi connectivity index (χ3n) is 11.6. The molecule has 0 aromatic carbocycles. The number of ketones is 1. The van der Waals surface area contributed by atoms with Gasteiger partial charge < -0.3 is 4.74 Å². The van der Waals surface area contributed by atoms with E-state index in [0.29, 0.717) is 59.0 Å². The normalized spacial score (nSPS) is 37.6. The molecule has 38 heavy (non-hydrogen) atoms. The van der Waals surface area contributed by atoms with Crippen LogP contribution in [0, 0.1) is 52.3 Å². The second-order valence-corrected chi connectivity index (χ2v) is 15.4. The van der Waals surface area contributed by atoms with Gasteiger partial charge in [0, 0.05) is 17.4 Å². The van der Waals surface area contributed by atoms with Gasteiger partial charge in [-0.1, -0.05) is 66.5 Å². The summed E-state index contributed by atoms with van der Waals surface area (Å²) in [7, 11) is 0. The van der Waals surface area contributed by atoms with Crippen LogP contribution in [-0.4, -0.2) is 17.4 Å². The second kappa shape index (κ2) is 10.9. The minimum absolute atomic E-state index is 0.0241. The van der Waals surface area contributed by atoms with Crippen molar-refractivity contribution < 1.29 is 14.3 Å². The van der Waals surface area contributed by atoms with Crippen molar-refractivity contribution in [3.63, 3.8) is 0 Å². The predicted molar refractivity (Wildman–Crippen MR) is 157 cm³/mol. The van der Waals surface area contributed by atoms with Gasteiger partial charge in [0.2, 0.25) is 0 Å². The summed E-state index contributed by atoms with van der Waals surface area (Å²) in [5, 5.41) is 0. The number of rotatable bonds is 9. The molecule has 2 saturated carbocycles. The van der Waals surface area contributed by atoms with E-state index in [2.05, 4.69) is 74.5 Å². The van der Waals surface area contributed by atoms with Crippen molar-refractivity contribution in [1.29, 1.82) is 0 Å². The monoisotopic (exact) mass is 524 g/mol. The number of carbonyl (C=O) groups excluding carboxylic acids is 2. The molecule has 0 amide bonds. The van der Waals surface area contributed by atoms with E-state index in [1.807, 2.05) is 0 Å². The summed E-state index contributed by atoms with van der Waals surface area (Å²) >= 11 is 0. The van der Waals surface area contributed by atoms with Crippen LogP contribution in [0.2, 0.25) is 0 Å². The molecule has 0 radical (unpaired) electrons. The number of carbonyl (C=O) groups is 2. The second-order valence-electron chi connectivity index (χ2n) is 15.4. The van der Waals surface area contributed by atoms with Gasteiger partial charge in [-0.2, -0.15) is 0 Å². The fraction of sp³-hybridized carbons (Fsp3) is 0.829. The lowest BCUT2D eigenvalue weighted by atomic mass is 9.48. The molecule has 0 aromatic heterocycles. The lowest BCUT2D eigenvalue weighted by Crippen LogP contribution is -2.48. The first kappa shape index (κ1) is 29.6. The van der Waals surface area contributed by atoms with Crippen LogP contribution in [0.1, 0.15) is 127 Å². The maximum Gasteiger partial charge on any atom is 0.306 e. The van der Waals surface area contributed by atoms with Crippen LogP contribution in [0.15, 0.2) is 23.3 Å². The zero-order valence-corrected chi connectivity index (χ0v) is 26.0. The first-order valence-corrected chi connectivity index (χ1v) is 15.9. The first-order valence-electron chi connectivity index (χ1n) is 15.9. The van der Waals surface area contributed by atoms with E-state index in [1.165, 1.54) is 37.7 Å². The van der Waals surface area contributed by atoms with Gasteiger partial charge in [-0.25, -0.2) is 0 Å². The summed E-state index contributed by atoms with van der Waals surface area (Å²) in [5.41, 5.74) is 2.56. The van der Waals surface area contributed by atoms with Gasteiger partial charge in [-0.15, -0.1) is 0 Å². The van der Waals surface area contributed by atoms with Crippen molar-refractivity contribution in [3.8, 4) is 0 Å². The van der Waals surface area contributed by atoms with Crippen LogP contribution >= 0.6 is 0 Å². The fourth-order valence-corrected chi connectivity index (χ4v) is 9.23. The molecule has 4 rings (SSSR count). The molecule has 0 spiro atoms. The Balaban J connectivity index is 1.39. The van der Waals surface area contributed by atoms with Gasteiger partial charge in [0.05, 0.1) is 0 Å². The number of allylic oxidation sites excluding steroid dienone is 4. The van der Waals surface area contributed by atoms with Gasteiger partial charge in [0.25, 0.3) is 0 Å². The summed E-state index contributed by atoms with van der Waals surface area (Å²) in [6.45, 7) is 20.5. The average molecular weight is 525 g/mol. The minimum Gasteiger partial charge on any atom is -0.460 e. The number of hydrogen-bond donors (Lipinski definition) is 0. The highest BCUT2D eigenvalue weighted by Crippen LogP contribution is 2.66. The highest BCUT2D eigenvalue weighted by Gasteiger charge is 2.58. The van der Waals surface area contributed by atoms with Crippen molar-refractivity contribution in [1.82, 2.24) is 0 Å². The summed E-state index contributed by atoms with van der Waals surface area (Å²) in [6.07, 6.45) is 15.2. The van der Waals surface area contributed by atoms with Crippen molar-refractivity contribution in [2.45, 2.75) is 132 Å². The van der Waals surface area contributed by atoms with E-state index < -0.39 is 5.60 Å². The van der Waals surface area contributed by atoms with Crippen LogP contribution < -0.4 is 0 Å². The molecule has 0 saturated heterocycles. The lowest BCUT2D eigenvalue weighted by Gasteiger charge is -2.55. The van der Waals surface area contributed by atoms with Gasteiger partial charge in [0.15, 0.2) is 5.78 Å². The predicted octanol–water partition coefficient (Wildman–Crippen LogP) is 9.11. The summed E-state index contributed by atoms with van der Waals surface area (Å²) in [6, 6.07) is 0. The van der Waals surface area contributed by atoms with Crippen molar-refractivity contribution >= 4 is 11.8 Å². The van der Waals surface area contributed by atoms with E-state index in [9.17, 15) is 9.59 Å². The zero-order chi connectivity index (χ0) is 28.0. The van der Waals surface area contributed by atoms with Crippen LogP contribution in [0.5, 0.6) is 0 Å². The van der Waals surface area contributed by atoms with E-state index in [0.717, 1.165) is 31.3 Å². The number of esters is 1. The average Bonchev–Trinajstić information content (AvgIpc) is 3.16. The molecule has 8 atom stereocenters. The Hall–Kier alpha value is -1.38. The van der Waals surface area contributed by atoms with Crippen LogP contribution in [-0.2, 0) is 14.3 Å². The SMILES string of the molecule is CC(C)CCC(=O)OC(C)(C)CCC[C@@H](C)[C@H]1CCC2C3=CC(=O)C4=C[C@H](C)[C@H](C)C[C@]4(C)C3CC[C@@]21C. The Bertz CT molecular complexity index is 970. The molecule has 0 aliphatic heterocycles. The number of ether oxygens (including phenoxy) is 1. The first-order chi connectivity index (χ1) is 17.7. The Morgan fingerprint density at radius 3 is 2.47 bits per heavy atom. The number of fused-ring (bicyclic) bond motifs is 5. The van der Waals surface area contributed by atoms with Crippen LogP contribution in [0.25, 0.3) is 0 Å². The van der Waals surface area contributed by atoms with Crippen LogP contribution in [0.4, 0.5) is 0 Å². The van der Waals surface area contributed by atoms with Crippen molar-refractivity contribution in [2.24, 2.45) is 52.3 Å². The van der Waals surface area contributed by atoms with Crippen molar-refractivity contribution in [3.05, 3.63) is 23.3 Å². The third-order valence-corrected chi connectivity index (χ3v) is 11.6. The van der Waals surface area contributed by atoms with Crippen molar-refractivity contribution in [2.75, 3.05) is 0 Å². The summed E-state index contributed by atoms with van der Waals surface area (Å²) < 4.78 is 5.85. The fourth-order valence-electron chi connectivity index (χ4n) is 9.23. The van der Waals surface area contributed by atoms with Gasteiger partial charge in [-0.05, 0) is 118 Å². The third kappa shape index (κ3) is 5.60. The molecule has 3 nitrogen and oxygen atoms in total. The minimum atomic E-state index is -0.392. The van der Waals surface area contributed by atoms with Gasteiger partial charge in [-0.3, -0.25) is 9.59 Å². The quantitative estimate of drug-likeness (QED) is 0.282. The van der Waals surface area contributed by atoms with E-state index in [4.69, 9.17) is 4.74 Å². The Labute approximate surface area is 233 Å². The lowest BCUT2D eigenvalue weighted by molar-refractivity contribution is -0.157. The summed E-state index contributed by atoms with van der Waals surface area (Å²) in [5.74, 6) is 4.37. The molecular weight excluding hydrogens is 468 g/mol. The highest BCUT2D eigenvalue weighted by atomic mass is 16.6. The molecule has 0 N–H and O–H groups in total.